The van der Waals surface area contributed by atoms with E-state index in [1.807, 2.05) is 37.3 Å². The van der Waals surface area contributed by atoms with Gasteiger partial charge in [0.1, 0.15) is 0 Å². The smallest absolute Gasteiger partial charge is 0.265 e. The molecule has 1 N–H and O–H groups in total. The lowest BCUT2D eigenvalue weighted by Crippen LogP contribution is -2.20. The Morgan fingerprint density at radius 1 is 0.903 bits per heavy atom. The second-order valence-corrected chi connectivity index (χ2v) is 7.06. The van der Waals surface area contributed by atoms with Crippen LogP contribution in [0.4, 0.5) is 5.69 Å². The summed E-state index contributed by atoms with van der Waals surface area (Å²) in [5.41, 5.74) is 2.40. The van der Waals surface area contributed by atoms with E-state index in [0.717, 1.165) is 11.3 Å². The standard InChI is InChI=1S/C25H22N2O4/c1-16-7-6-8-17(13-16)26-15-21-19-9-4-5-10-20(19)24(28)27(25(21)29)18-11-12-22(30-2)23(14-18)31-3/h4-15,29H,1-3H3. The summed E-state index contributed by atoms with van der Waals surface area (Å²) in [5, 5.41) is 12.2. The van der Waals surface area contributed by atoms with Crippen molar-refractivity contribution in [2.24, 2.45) is 4.99 Å². The number of fused-ring (bicyclic) bond motifs is 1. The van der Waals surface area contributed by atoms with Crippen LogP contribution in [0.5, 0.6) is 17.4 Å². The molecule has 0 saturated carbocycles. The van der Waals surface area contributed by atoms with E-state index < -0.39 is 0 Å². The predicted octanol–water partition coefficient (Wildman–Crippen LogP) is 4.77. The SMILES string of the molecule is COc1ccc(-n2c(O)c(C=Nc3cccc(C)c3)c3ccccc3c2=O)cc1OC. The minimum atomic E-state index is -0.340. The summed E-state index contributed by atoms with van der Waals surface area (Å²) in [6.07, 6.45) is 1.59. The molecule has 0 aliphatic heterocycles. The Morgan fingerprint density at radius 3 is 2.35 bits per heavy atom. The summed E-state index contributed by atoms with van der Waals surface area (Å²) in [6.45, 7) is 1.99. The number of ether oxygens (including phenoxy) is 2. The van der Waals surface area contributed by atoms with Crippen molar-refractivity contribution in [1.82, 2.24) is 4.57 Å². The molecule has 1 aromatic heterocycles. The third-order valence-corrected chi connectivity index (χ3v) is 5.07. The maximum Gasteiger partial charge on any atom is 0.265 e. The number of methoxy groups -OCH3 is 2. The van der Waals surface area contributed by atoms with Gasteiger partial charge in [-0.15, -0.1) is 0 Å². The largest absolute Gasteiger partial charge is 0.494 e. The van der Waals surface area contributed by atoms with Crippen molar-refractivity contribution in [3.05, 3.63) is 88.2 Å². The maximum absolute atomic E-state index is 13.3. The molecule has 0 bridgehead atoms. The fourth-order valence-corrected chi connectivity index (χ4v) is 3.54. The summed E-state index contributed by atoms with van der Waals surface area (Å²) in [4.78, 5) is 17.8. The highest BCUT2D eigenvalue weighted by atomic mass is 16.5. The van der Waals surface area contributed by atoms with Crippen molar-refractivity contribution in [2.45, 2.75) is 6.92 Å². The molecule has 0 fully saturated rings. The Labute approximate surface area is 179 Å². The number of nitrogens with zero attached hydrogens (tertiary/aromatic N) is 2. The minimum Gasteiger partial charge on any atom is -0.494 e. The van der Waals surface area contributed by atoms with E-state index in [2.05, 4.69) is 4.99 Å². The van der Waals surface area contributed by atoms with Gasteiger partial charge in [0.2, 0.25) is 5.88 Å². The third kappa shape index (κ3) is 3.75. The molecule has 4 rings (SSSR count). The first-order valence-electron chi connectivity index (χ1n) is 9.73. The molecule has 0 amide bonds. The van der Waals surface area contributed by atoms with Crippen molar-refractivity contribution in [3.8, 4) is 23.1 Å². The summed E-state index contributed by atoms with van der Waals surface area (Å²) >= 11 is 0. The van der Waals surface area contributed by atoms with Crippen molar-refractivity contribution in [3.63, 3.8) is 0 Å². The van der Waals surface area contributed by atoms with Crippen LogP contribution in [0.3, 0.4) is 0 Å². The quantitative estimate of drug-likeness (QED) is 0.477. The number of benzene rings is 3. The van der Waals surface area contributed by atoms with Gasteiger partial charge in [0.15, 0.2) is 11.5 Å². The summed E-state index contributed by atoms with van der Waals surface area (Å²) < 4.78 is 11.9. The molecule has 6 nitrogen and oxygen atoms in total. The van der Waals surface area contributed by atoms with Gasteiger partial charge in [-0.2, -0.15) is 0 Å². The molecule has 31 heavy (non-hydrogen) atoms. The van der Waals surface area contributed by atoms with Crippen LogP contribution in [0, 0.1) is 6.92 Å². The van der Waals surface area contributed by atoms with Gasteiger partial charge in [-0.25, -0.2) is 4.57 Å². The molecular formula is C25H22N2O4. The Balaban J connectivity index is 1.97. The molecule has 0 saturated heterocycles. The number of aromatic hydroxyl groups is 1. The van der Waals surface area contributed by atoms with Crippen LogP contribution in [0.15, 0.2) is 76.5 Å². The van der Waals surface area contributed by atoms with Crippen molar-refractivity contribution in [1.29, 1.82) is 0 Å². The average Bonchev–Trinajstić information content (AvgIpc) is 2.79. The molecule has 4 aromatic rings. The van der Waals surface area contributed by atoms with Crippen LogP contribution in [0.2, 0.25) is 0 Å². The molecule has 0 aliphatic carbocycles. The molecule has 6 heteroatoms. The van der Waals surface area contributed by atoms with Crippen LogP contribution >= 0.6 is 0 Å². The fourth-order valence-electron chi connectivity index (χ4n) is 3.54. The van der Waals surface area contributed by atoms with E-state index in [1.54, 1.807) is 42.6 Å². The Hall–Kier alpha value is -4.06. The third-order valence-electron chi connectivity index (χ3n) is 5.07. The Morgan fingerprint density at radius 2 is 1.65 bits per heavy atom. The Kier molecular flexibility index (Phi) is 5.45. The zero-order valence-corrected chi connectivity index (χ0v) is 17.5. The van der Waals surface area contributed by atoms with E-state index in [-0.39, 0.29) is 11.4 Å². The number of hydrogen-bond acceptors (Lipinski definition) is 5. The zero-order valence-electron chi connectivity index (χ0n) is 17.5. The van der Waals surface area contributed by atoms with E-state index in [1.165, 1.54) is 18.8 Å². The predicted molar refractivity (Wildman–Crippen MR) is 123 cm³/mol. The highest BCUT2D eigenvalue weighted by molar-refractivity contribution is 6.02. The van der Waals surface area contributed by atoms with Crippen LogP contribution in [-0.4, -0.2) is 30.1 Å². The Bertz CT molecular complexity index is 1360. The van der Waals surface area contributed by atoms with Crippen molar-refractivity contribution in [2.75, 3.05) is 14.2 Å². The summed E-state index contributed by atoms with van der Waals surface area (Å²) in [6, 6.07) is 19.9. The lowest BCUT2D eigenvalue weighted by atomic mass is 10.1. The van der Waals surface area contributed by atoms with Gasteiger partial charge in [-0.3, -0.25) is 9.79 Å². The highest BCUT2D eigenvalue weighted by Crippen LogP contribution is 2.32. The second-order valence-electron chi connectivity index (χ2n) is 7.06. The first-order valence-corrected chi connectivity index (χ1v) is 9.73. The summed E-state index contributed by atoms with van der Waals surface area (Å²) in [5.74, 6) is 0.780. The van der Waals surface area contributed by atoms with Gasteiger partial charge >= 0.3 is 0 Å². The number of aromatic nitrogens is 1. The number of rotatable bonds is 5. The van der Waals surface area contributed by atoms with E-state index in [4.69, 9.17) is 9.47 Å². The first kappa shape index (κ1) is 20.2. The highest BCUT2D eigenvalue weighted by Gasteiger charge is 2.17. The molecule has 0 aliphatic rings. The van der Waals surface area contributed by atoms with Gasteiger partial charge in [0.05, 0.1) is 31.2 Å². The lowest BCUT2D eigenvalue weighted by Gasteiger charge is -2.15. The van der Waals surface area contributed by atoms with E-state index in [0.29, 0.717) is 33.5 Å². The average molecular weight is 414 g/mol. The van der Waals surface area contributed by atoms with E-state index >= 15 is 0 Å². The molecule has 0 radical (unpaired) electrons. The second kappa shape index (κ2) is 8.36. The topological polar surface area (TPSA) is 73.0 Å². The summed E-state index contributed by atoms with van der Waals surface area (Å²) in [7, 11) is 3.06. The lowest BCUT2D eigenvalue weighted by molar-refractivity contribution is 0.354. The molecule has 0 atom stereocenters. The van der Waals surface area contributed by atoms with Crippen LogP contribution in [0.1, 0.15) is 11.1 Å². The molecule has 156 valence electrons. The fraction of sp³-hybridized carbons (Fsp3) is 0.120. The van der Waals surface area contributed by atoms with Crippen LogP contribution in [-0.2, 0) is 0 Å². The molecule has 0 spiro atoms. The molecule has 0 unspecified atom stereocenters. The molecular weight excluding hydrogens is 392 g/mol. The number of aryl methyl sites for hydroxylation is 1. The van der Waals surface area contributed by atoms with Crippen LogP contribution < -0.4 is 15.0 Å². The van der Waals surface area contributed by atoms with Crippen molar-refractivity contribution < 1.29 is 14.6 Å². The molecule has 3 aromatic carbocycles. The minimum absolute atomic E-state index is 0.202. The van der Waals surface area contributed by atoms with Gasteiger partial charge in [0.25, 0.3) is 5.56 Å². The normalized spacial score (nSPS) is 11.2. The number of aliphatic imine (C=N–C) groups is 1. The first-order chi connectivity index (χ1) is 15.0. The molecule has 1 heterocycles. The number of hydrogen-bond donors (Lipinski definition) is 1. The van der Waals surface area contributed by atoms with Gasteiger partial charge in [0, 0.05) is 23.1 Å². The van der Waals surface area contributed by atoms with Crippen LogP contribution in [0.25, 0.3) is 16.5 Å². The van der Waals surface area contributed by atoms with Gasteiger partial charge < -0.3 is 14.6 Å². The monoisotopic (exact) mass is 414 g/mol. The van der Waals surface area contributed by atoms with Gasteiger partial charge in [-0.1, -0.05) is 30.3 Å². The van der Waals surface area contributed by atoms with Crippen molar-refractivity contribution >= 4 is 22.7 Å². The number of pyridine rings is 1. The van der Waals surface area contributed by atoms with E-state index in [9.17, 15) is 9.90 Å². The zero-order chi connectivity index (χ0) is 22.0. The van der Waals surface area contributed by atoms with Gasteiger partial charge in [-0.05, 0) is 42.8 Å². The maximum atomic E-state index is 13.3.